The van der Waals surface area contributed by atoms with Crippen LogP contribution in [-0.2, 0) is 26.3 Å². The second-order valence-electron chi connectivity index (χ2n) is 10.7. The van der Waals surface area contributed by atoms with Gasteiger partial charge in [-0.05, 0) is 46.1 Å². The smallest absolute Gasteiger partial charge is 0.410 e. The van der Waals surface area contributed by atoms with Gasteiger partial charge < -0.3 is 24.0 Å². The fraction of sp³-hybridized carbons (Fsp3) is 0.600. The van der Waals surface area contributed by atoms with E-state index in [4.69, 9.17) is 14.2 Å². The molecule has 1 aromatic carbocycles. The lowest BCUT2D eigenvalue weighted by atomic mass is 9.73. The van der Waals surface area contributed by atoms with Crippen LogP contribution in [0.5, 0.6) is 11.5 Å². The molecule has 2 fully saturated rings. The highest BCUT2D eigenvalue weighted by molar-refractivity contribution is 6.07. The van der Waals surface area contributed by atoms with E-state index in [2.05, 4.69) is 5.32 Å². The summed E-state index contributed by atoms with van der Waals surface area (Å²) in [5, 5.41) is 2.33. The first-order valence-corrected chi connectivity index (χ1v) is 12.0. The van der Waals surface area contributed by atoms with Crippen LogP contribution in [0.3, 0.4) is 0 Å². The van der Waals surface area contributed by atoms with Gasteiger partial charge in [0.2, 0.25) is 11.8 Å². The van der Waals surface area contributed by atoms with Crippen molar-refractivity contribution in [3.8, 4) is 11.5 Å². The molecule has 0 bridgehead atoms. The molecule has 1 spiro atoms. The topological polar surface area (TPSA) is 114 Å². The van der Waals surface area contributed by atoms with Crippen molar-refractivity contribution in [1.82, 2.24) is 15.1 Å². The number of carbonyl (C=O) groups excluding carboxylic acids is 4. The van der Waals surface area contributed by atoms with Crippen LogP contribution in [-0.4, -0.2) is 72.1 Å². The van der Waals surface area contributed by atoms with Crippen LogP contribution in [0.15, 0.2) is 6.07 Å². The van der Waals surface area contributed by atoms with E-state index >= 15 is 0 Å². The van der Waals surface area contributed by atoms with Gasteiger partial charge >= 0.3 is 6.09 Å². The lowest BCUT2D eigenvalue weighted by Crippen LogP contribution is -2.52. The molecular formula is C25H31N3O7. The Kier molecular flexibility index (Phi) is 5.45. The minimum Gasteiger partial charge on any atom is -0.496 e. The summed E-state index contributed by atoms with van der Waals surface area (Å²) in [5.74, 6) is 0.0629. The van der Waals surface area contributed by atoms with E-state index in [1.54, 1.807) is 4.90 Å². The highest BCUT2D eigenvalue weighted by atomic mass is 16.6. The molecule has 0 saturated carbocycles. The molecule has 4 aliphatic rings. The van der Waals surface area contributed by atoms with Gasteiger partial charge in [-0.15, -0.1) is 0 Å². The second-order valence-corrected chi connectivity index (χ2v) is 10.7. The molecule has 188 valence electrons. The Morgan fingerprint density at radius 2 is 1.91 bits per heavy atom. The Morgan fingerprint density at radius 1 is 1.20 bits per heavy atom. The number of nitrogens with one attached hydrogen (secondary N) is 1. The highest BCUT2D eigenvalue weighted by Crippen LogP contribution is 2.52. The number of hydrogen-bond donors (Lipinski definition) is 1. The van der Waals surface area contributed by atoms with Gasteiger partial charge in [0.1, 0.15) is 23.1 Å². The van der Waals surface area contributed by atoms with E-state index in [1.807, 2.05) is 26.8 Å². The van der Waals surface area contributed by atoms with Crippen molar-refractivity contribution in [2.24, 2.45) is 0 Å². The lowest BCUT2D eigenvalue weighted by Gasteiger charge is -2.39. The summed E-state index contributed by atoms with van der Waals surface area (Å²) < 4.78 is 17.4. The first kappa shape index (κ1) is 23.4. The molecule has 1 N–H and O–H groups in total. The molecule has 10 nitrogen and oxygen atoms in total. The average molecular weight is 486 g/mol. The molecule has 0 aliphatic carbocycles. The SMILES string of the molecule is COc1cc2c(c3c1C(=O)N(C1CCC(=O)NC1=O)C3)OCC21CCN(C(=O)OC(C)(C)C)CC1. The summed E-state index contributed by atoms with van der Waals surface area (Å²) in [6, 6.07) is 1.18. The number of amides is 4. The van der Waals surface area contributed by atoms with E-state index in [-0.39, 0.29) is 36.3 Å². The molecule has 4 aliphatic heterocycles. The molecular weight excluding hydrogens is 454 g/mol. The zero-order valence-corrected chi connectivity index (χ0v) is 20.6. The Balaban J connectivity index is 1.41. The van der Waals surface area contributed by atoms with Gasteiger partial charge in [-0.3, -0.25) is 19.7 Å². The number of ether oxygens (including phenoxy) is 3. The maximum Gasteiger partial charge on any atom is 0.410 e. The first-order chi connectivity index (χ1) is 16.5. The number of benzene rings is 1. The van der Waals surface area contributed by atoms with Crippen molar-refractivity contribution in [2.75, 3.05) is 26.8 Å². The third-order valence-electron chi connectivity index (χ3n) is 7.39. The molecule has 10 heteroatoms. The van der Waals surface area contributed by atoms with Gasteiger partial charge in [0.15, 0.2) is 0 Å². The minimum atomic E-state index is -0.708. The first-order valence-electron chi connectivity index (χ1n) is 12.0. The Labute approximate surface area is 203 Å². The van der Waals surface area contributed by atoms with E-state index in [1.165, 1.54) is 12.0 Å². The quantitative estimate of drug-likeness (QED) is 0.638. The number of carbonyl (C=O) groups is 4. The number of nitrogens with zero attached hydrogens (tertiary/aromatic N) is 2. The number of fused-ring (bicyclic) bond motifs is 4. The number of rotatable bonds is 2. The summed E-state index contributed by atoms with van der Waals surface area (Å²) in [4.78, 5) is 53.2. The number of likely N-dealkylation sites (tertiary alicyclic amines) is 1. The number of imide groups is 1. The molecule has 1 atom stereocenters. The summed E-state index contributed by atoms with van der Waals surface area (Å²) in [6.07, 6.45) is 1.57. The molecule has 4 heterocycles. The molecule has 1 aromatic rings. The summed E-state index contributed by atoms with van der Waals surface area (Å²) >= 11 is 0. The van der Waals surface area contributed by atoms with E-state index in [9.17, 15) is 19.2 Å². The van der Waals surface area contributed by atoms with Crippen molar-refractivity contribution >= 4 is 23.8 Å². The van der Waals surface area contributed by atoms with E-state index in [0.717, 1.165) is 11.1 Å². The monoisotopic (exact) mass is 485 g/mol. The van der Waals surface area contributed by atoms with Gasteiger partial charge in [0.05, 0.1) is 25.8 Å². The van der Waals surface area contributed by atoms with Crippen LogP contribution < -0.4 is 14.8 Å². The normalized spacial score (nSPS) is 23.1. The van der Waals surface area contributed by atoms with Crippen molar-refractivity contribution in [3.05, 3.63) is 22.8 Å². The predicted octanol–water partition coefficient (Wildman–Crippen LogP) is 2.12. The Morgan fingerprint density at radius 3 is 2.54 bits per heavy atom. The van der Waals surface area contributed by atoms with Gasteiger partial charge in [-0.25, -0.2) is 4.79 Å². The predicted molar refractivity (Wildman–Crippen MR) is 123 cm³/mol. The molecule has 0 radical (unpaired) electrons. The zero-order chi connectivity index (χ0) is 25.1. The summed E-state index contributed by atoms with van der Waals surface area (Å²) in [7, 11) is 1.53. The lowest BCUT2D eigenvalue weighted by molar-refractivity contribution is -0.136. The molecule has 2 saturated heterocycles. The number of piperidine rings is 2. The van der Waals surface area contributed by atoms with Crippen molar-refractivity contribution in [2.45, 2.75) is 70.1 Å². The average Bonchev–Trinajstić information content (AvgIpc) is 3.31. The second kappa shape index (κ2) is 8.13. The summed E-state index contributed by atoms with van der Waals surface area (Å²) in [5.41, 5.74) is 1.28. The van der Waals surface area contributed by atoms with Crippen LogP contribution in [0.1, 0.15) is 67.9 Å². The fourth-order valence-corrected chi connectivity index (χ4v) is 5.56. The Bertz CT molecular complexity index is 1120. The molecule has 0 aromatic heterocycles. The minimum absolute atomic E-state index is 0.194. The number of hydrogen-bond acceptors (Lipinski definition) is 7. The molecule has 5 rings (SSSR count). The maximum atomic E-state index is 13.4. The summed E-state index contributed by atoms with van der Waals surface area (Å²) in [6.45, 7) is 7.31. The number of methoxy groups -OCH3 is 1. The van der Waals surface area contributed by atoms with Crippen LogP contribution in [0, 0.1) is 0 Å². The Hall–Kier alpha value is -3.30. The van der Waals surface area contributed by atoms with Gasteiger partial charge in [0, 0.05) is 36.1 Å². The largest absolute Gasteiger partial charge is 0.496 e. The third-order valence-corrected chi connectivity index (χ3v) is 7.39. The van der Waals surface area contributed by atoms with Gasteiger partial charge in [-0.1, -0.05) is 0 Å². The standard InChI is InChI=1S/C25H31N3O7/c1-24(2,3)35-23(32)27-9-7-25(8-10-27)13-34-20-14-12-28(16-5-6-18(29)26-21(16)30)22(31)19(14)17(33-4)11-15(20)25/h11,16H,5-10,12-13H2,1-4H3,(H,26,29,30). The van der Waals surface area contributed by atoms with Crippen molar-refractivity contribution < 1.29 is 33.4 Å². The fourth-order valence-electron chi connectivity index (χ4n) is 5.56. The molecule has 35 heavy (non-hydrogen) atoms. The van der Waals surface area contributed by atoms with Crippen LogP contribution in [0.25, 0.3) is 0 Å². The van der Waals surface area contributed by atoms with Gasteiger partial charge in [-0.2, -0.15) is 0 Å². The zero-order valence-electron chi connectivity index (χ0n) is 20.6. The van der Waals surface area contributed by atoms with E-state index < -0.39 is 17.6 Å². The maximum absolute atomic E-state index is 13.4. The van der Waals surface area contributed by atoms with Crippen LogP contribution in [0.2, 0.25) is 0 Å². The van der Waals surface area contributed by atoms with Crippen molar-refractivity contribution in [3.63, 3.8) is 0 Å². The van der Waals surface area contributed by atoms with Gasteiger partial charge in [0.25, 0.3) is 5.91 Å². The molecule has 1 unspecified atom stereocenters. The third kappa shape index (κ3) is 3.88. The van der Waals surface area contributed by atoms with Crippen LogP contribution >= 0.6 is 0 Å². The van der Waals surface area contributed by atoms with Crippen molar-refractivity contribution in [1.29, 1.82) is 0 Å². The van der Waals surface area contributed by atoms with Crippen LogP contribution in [0.4, 0.5) is 4.79 Å². The molecule has 4 amide bonds. The van der Waals surface area contributed by atoms with E-state index in [0.29, 0.717) is 56.0 Å². The highest BCUT2D eigenvalue weighted by Gasteiger charge is 2.49.